The van der Waals surface area contributed by atoms with Crippen LogP contribution in [0, 0.1) is 18.3 Å². The van der Waals surface area contributed by atoms with Crippen LogP contribution < -0.4 is 15.4 Å². The van der Waals surface area contributed by atoms with E-state index >= 15 is 0 Å². The summed E-state index contributed by atoms with van der Waals surface area (Å²) in [5.41, 5.74) is 13.0. The summed E-state index contributed by atoms with van der Waals surface area (Å²) < 4.78 is 14.2. The molecule has 1 atom stereocenters. The highest BCUT2D eigenvalue weighted by Crippen LogP contribution is 2.49. The van der Waals surface area contributed by atoms with E-state index in [-0.39, 0.29) is 5.91 Å². The molecule has 0 unspecified atom stereocenters. The lowest BCUT2D eigenvalue weighted by Crippen LogP contribution is -2.41. The fourth-order valence-electron chi connectivity index (χ4n) is 6.48. The Hall–Kier alpha value is -4.17. The van der Waals surface area contributed by atoms with Gasteiger partial charge in [0.1, 0.15) is 17.5 Å². The van der Waals surface area contributed by atoms with Gasteiger partial charge in [-0.25, -0.2) is 0 Å². The highest BCUT2D eigenvalue weighted by atomic mass is 16.5. The van der Waals surface area contributed by atoms with Crippen LogP contribution in [-0.2, 0) is 42.9 Å². The van der Waals surface area contributed by atoms with Crippen molar-refractivity contribution in [3.63, 3.8) is 0 Å². The molecule has 2 aliphatic heterocycles. The average Bonchev–Trinajstić information content (AvgIpc) is 3.23. The zero-order valence-electron chi connectivity index (χ0n) is 23.5. The zero-order chi connectivity index (χ0) is 28.2. The summed E-state index contributed by atoms with van der Waals surface area (Å²) >= 11 is 0. The first-order valence-electron chi connectivity index (χ1n) is 13.7. The van der Waals surface area contributed by atoms with Crippen LogP contribution >= 0.6 is 0 Å². The Morgan fingerprint density at radius 1 is 1.23 bits per heavy atom. The van der Waals surface area contributed by atoms with E-state index in [4.69, 9.17) is 25.2 Å². The quantitative estimate of drug-likeness (QED) is 0.496. The van der Waals surface area contributed by atoms with Gasteiger partial charge in [-0.05, 0) is 55.9 Å². The van der Waals surface area contributed by atoms with Gasteiger partial charge in [0.25, 0.3) is 5.91 Å². The molecule has 208 valence electrons. The number of fused-ring (bicyclic) bond motifs is 4. The summed E-state index contributed by atoms with van der Waals surface area (Å²) in [6, 6.07) is 6.43. The Bertz CT molecular complexity index is 1560. The van der Waals surface area contributed by atoms with E-state index in [9.17, 15) is 10.1 Å². The SMILES string of the molecule is COc1nc2c(c(N3CCCn4nc(C(=O)N(C)C)cc4C3)n1)CO[C@@]1(CCCc3c(C)cc(N)c(C#N)c31)C2. The molecule has 1 amide bonds. The Kier molecular flexibility index (Phi) is 6.38. The first-order chi connectivity index (χ1) is 19.2. The lowest BCUT2D eigenvalue weighted by Gasteiger charge is -2.43. The average molecular weight is 543 g/mol. The van der Waals surface area contributed by atoms with E-state index in [0.717, 1.165) is 71.7 Å². The second-order valence-corrected chi connectivity index (χ2v) is 11.1. The molecule has 0 saturated carbocycles. The number of nitriles is 1. The van der Waals surface area contributed by atoms with Gasteiger partial charge in [-0.1, -0.05) is 0 Å². The van der Waals surface area contributed by atoms with Gasteiger partial charge in [-0.3, -0.25) is 9.48 Å². The number of amides is 1. The number of carbonyl (C=O) groups is 1. The summed E-state index contributed by atoms with van der Waals surface area (Å²) in [4.78, 5) is 25.9. The van der Waals surface area contributed by atoms with Crippen molar-refractivity contribution >= 4 is 17.4 Å². The maximum Gasteiger partial charge on any atom is 0.318 e. The fraction of sp³-hybridized carbons (Fsp3) is 0.483. The van der Waals surface area contributed by atoms with Crippen LogP contribution in [0.2, 0.25) is 0 Å². The van der Waals surface area contributed by atoms with Gasteiger partial charge in [-0.2, -0.15) is 20.3 Å². The monoisotopic (exact) mass is 542 g/mol. The number of anilines is 2. The molecule has 11 nitrogen and oxygen atoms in total. The first kappa shape index (κ1) is 26.1. The molecule has 0 fully saturated rings. The normalized spacial score (nSPS) is 19.7. The van der Waals surface area contributed by atoms with E-state index in [1.54, 1.807) is 21.2 Å². The third-order valence-electron chi connectivity index (χ3n) is 8.38. The minimum atomic E-state index is -0.679. The Morgan fingerprint density at radius 3 is 2.80 bits per heavy atom. The summed E-state index contributed by atoms with van der Waals surface area (Å²) in [5.74, 6) is 0.652. The van der Waals surface area contributed by atoms with Gasteiger partial charge >= 0.3 is 6.01 Å². The van der Waals surface area contributed by atoms with Crippen LogP contribution in [0.15, 0.2) is 12.1 Å². The van der Waals surface area contributed by atoms with Crippen molar-refractivity contribution in [1.82, 2.24) is 24.6 Å². The molecular weight excluding hydrogens is 508 g/mol. The number of aryl methyl sites for hydroxylation is 2. The van der Waals surface area contributed by atoms with Gasteiger partial charge in [-0.15, -0.1) is 0 Å². The molecule has 4 heterocycles. The van der Waals surface area contributed by atoms with Crippen LogP contribution in [0.3, 0.4) is 0 Å². The van der Waals surface area contributed by atoms with E-state index in [0.29, 0.717) is 49.1 Å². The summed E-state index contributed by atoms with van der Waals surface area (Å²) in [6.45, 7) is 4.38. The summed E-state index contributed by atoms with van der Waals surface area (Å²) in [5, 5.41) is 14.6. The Labute approximate surface area is 233 Å². The number of nitrogens with two attached hydrogens (primary N) is 1. The zero-order valence-corrected chi connectivity index (χ0v) is 23.5. The molecule has 1 aromatic carbocycles. The molecule has 0 radical (unpaired) electrons. The number of methoxy groups -OCH3 is 1. The fourth-order valence-corrected chi connectivity index (χ4v) is 6.48. The lowest BCUT2D eigenvalue weighted by atomic mass is 9.71. The molecule has 1 aliphatic carbocycles. The predicted octanol–water partition coefficient (Wildman–Crippen LogP) is 2.86. The standard InChI is InChI=1S/C29H34N8O3/c1-17-11-22(31)20(14-30)25-19(17)7-5-8-29(25)13-24-21(16-40-29)26(33-28(32-24)39-4)36-9-6-10-37-18(15-36)12-23(34-37)27(38)35(2)3/h11-12H,5-10,13,15-16,31H2,1-4H3/t29-/m0/s1. The second-order valence-electron chi connectivity index (χ2n) is 11.1. The van der Waals surface area contributed by atoms with Crippen molar-refractivity contribution < 1.29 is 14.3 Å². The van der Waals surface area contributed by atoms with Crippen LogP contribution in [0.1, 0.15) is 69.0 Å². The largest absolute Gasteiger partial charge is 0.467 e. The maximum atomic E-state index is 12.6. The predicted molar refractivity (Wildman–Crippen MR) is 148 cm³/mol. The second kappa shape index (κ2) is 9.78. The van der Waals surface area contributed by atoms with Crippen LogP contribution in [-0.4, -0.2) is 58.3 Å². The molecular formula is C29H34N8O3. The van der Waals surface area contributed by atoms with Gasteiger partial charge in [0.15, 0.2) is 5.69 Å². The third kappa shape index (κ3) is 4.14. The molecule has 0 saturated heterocycles. The summed E-state index contributed by atoms with van der Waals surface area (Å²) in [6.07, 6.45) is 3.98. The number of hydrogen-bond donors (Lipinski definition) is 1. The minimum absolute atomic E-state index is 0.118. The van der Waals surface area contributed by atoms with Gasteiger partial charge in [0, 0.05) is 44.7 Å². The molecule has 3 aliphatic rings. The van der Waals surface area contributed by atoms with Crippen LogP contribution in [0.4, 0.5) is 11.5 Å². The molecule has 6 rings (SSSR count). The van der Waals surface area contributed by atoms with Gasteiger partial charge < -0.3 is 25.0 Å². The number of benzene rings is 1. The van der Waals surface area contributed by atoms with Crippen molar-refractivity contribution in [3.05, 3.63) is 57.0 Å². The molecule has 2 aromatic heterocycles. The van der Waals surface area contributed by atoms with Crippen molar-refractivity contribution in [2.24, 2.45) is 0 Å². The van der Waals surface area contributed by atoms with E-state index in [1.807, 2.05) is 16.8 Å². The highest BCUT2D eigenvalue weighted by Gasteiger charge is 2.45. The number of hydrogen-bond acceptors (Lipinski definition) is 9. The number of carbonyl (C=O) groups excluding carboxylic acids is 1. The number of aromatic nitrogens is 4. The Morgan fingerprint density at radius 2 is 2.05 bits per heavy atom. The van der Waals surface area contributed by atoms with Gasteiger partial charge in [0.2, 0.25) is 0 Å². The van der Waals surface area contributed by atoms with Crippen LogP contribution in [0.25, 0.3) is 0 Å². The third-order valence-corrected chi connectivity index (χ3v) is 8.38. The molecule has 3 aromatic rings. The molecule has 40 heavy (non-hydrogen) atoms. The maximum absolute atomic E-state index is 12.6. The van der Waals surface area contributed by atoms with Crippen molar-refractivity contribution in [1.29, 1.82) is 5.26 Å². The van der Waals surface area contributed by atoms with Gasteiger partial charge in [0.05, 0.1) is 42.9 Å². The summed E-state index contributed by atoms with van der Waals surface area (Å²) in [7, 11) is 5.03. The molecule has 2 N–H and O–H groups in total. The molecule has 1 spiro atoms. The number of ether oxygens (including phenoxy) is 2. The smallest absolute Gasteiger partial charge is 0.318 e. The van der Waals surface area contributed by atoms with Crippen molar-refractivity contribution in [3.8, 4) is 12.1 Å². The van der Waals surface area contributed by atoms with Crippen LogP contribution in [0.5, 0.6) is 6.01 Å². The Balaban J connectivity index is 1.40. The molecule has 11 heteroatoms. The number of rotatable bonds is 3. The minimum Gasteiger partial charge on any atom is -0.467 e. The number of nitrogens with zero attached hydrogens (tertiary/aromatic N) is 7. The van der Waals surface area contributed by atoms with Crippen molar-refractivity contribution in [2.45, 2.75) is 64.3 Å². The van der Waals surface area contributed by atoms with E-state index in [2.05, 4.69) is 23.0 Å². The van der Waals surface area contributed by atoms with E-state index < -0.39 is 5.60 Å². The first-order valence-corrected chi connectivity index (χ1v) is 13.7. The topological polar surface area (TPSA) is 135 Å². The molecule has 0 bridgehead atoms. The van der Waals surface area contributed by atoms with Crippen molar-refractivity contribution in [2.75, 3.05) is 38.4 Å². The lowest BCUT2D eigenvalue weighted by molar-refractivity contribution is -0.0857. The highest BCUT2D eigenvalue weighted by molar-refractivity contribution is 5.92. The van der Waals surface area contributed by atoms with E-state index in [1.165, 1.54) is 4.90 Å². The number of nitrogen functional groups attached to an aromatic ring is 1.